The van der Waals surface area contributed by atoms with Crippen molar-refractivity contribution < 1.29 is 4.79 Å². The van der Waals surface area contributed by atoms with Crippen molar-refractivity contribution in [3.8, 4) is 0 Å². The molecule has 0 spiro atoms. The molecule has 94 valence electrons. The van der Waals surface area contributed by atoms with Gasteiger partial charge in [0.15, 0.2) is 0 Å². The monoisotopic (exact) mass is 273 g/mol. The summed E-state index contributed by atoms with van der Waals surface area (Å²) in [5.41, 5.74) is 0.669. The Labute approximate surface area is 113 Å². The molecule has 1 rings (SSSR count). The molecule has 0 aliphatic carbocycles. The minimum atomic E-state index is -0.0851. The average Bonchev–Trinajstić information content (AvgIpc) is 2.27. The minimum Gasteiger partial charge on any atom is -0.336 e. The van der Waals surface area contributed by atoms with Gasteiger partial charge in [-0.2, -0.15) is 0 Å². The second-order valence-electron chi connectivity index (χ2n) is 4.14. The van der Waals surface area contributed by atoms with Crippen molar-refractivity contribution in [3.63, 3.8) is 0 Å². The van der Waals surface area contributed by atoms with Crippen molar-refractivity contribution in [2.75, 3.05) is 13.1 Å². The van der Waals surface area contributed by atoms with E-state index in [-0.39, 0.29) is 16.7 Å². The predicted molar refractivity (Wildman–Crippen MR) is 73.0 cm³/mol. The number of alkyl halides is 2. The summed E-state index contributed by atoms with van der Waals surface area (Å²) in [4.78, 5) is 13.9. The van der Waals surface area contributed by atoms with Crippen molar-refractivity contribution in [2.45, 2.75) is 24.6 Å². The van der Waals surface area contributed by atoms with Crippen LogP contribution in [0.15, 0.2) is 30.3 Å². The second-order valence-corrected chi connectivity index (χ2v) is 5.63. The van der Waals surface area contributed by atoms with Gasteiger partial charge >= 0.3 is 0 Å². The van der Waals surface area contributed by atoms with Gasteiger partial charge in [0.25, 0.3) is 5.91 Å². The molecule has 2 atom stereocenters. The van der Waals surface area contributed by atoms with Gasteiger partial charge in [-0.05, 0) is 26.0 Å². The Morgan fingerprint density at radius 2 is 1.59 bits per heavy atom. The SMILES string of the molecule is C[C@H](Cl)CN(C[C@H](C)Cl)C(=O)c1ccccc1. The molecular weight excluding hydrogens is 257 g/mol. The van der Waals surface area contributed by atoms with E-state index in [0.29, 0.717) is 18.7 Å². The number of hydrogen-bond donors (Lipinski definition) is 0. The van der Waals surface area contributed by atoms with Crippen molar-refractivity contribution in [1.82, 2.24) is 4.90 Å². The molecule has 0 aromatic heterocycles. The van der Waals surface area contributed by atoms with Crippen molar-refractivity contribution in [2.24, 2.45) is 0 Å². The highest BCUT2D eigenvalue weighted by Crippen LogP contribution is 2.10. The number of nitrogens with zero attached hydrogens (tertiary/aromatic N) is 1. The quantitative estimate of drug-likeness (QED) is 0.754. The molecule has 2 nitrogen and oxygen atoms in total. The molecule has 0 unspecified atom stereocenters. The van der Waals surface area contributed by atoms with Crippen LogP contribution in [0.5, 0.6) is 0 Å². The van der Waals surface area contributed by atoms with Crippen LogP contribution in [0.1, 0.15) is 24.2 Å². The summed E-state index contributed by atoms with van der Waals surface area (Å²) >= 11 is 11.9. The van der Waals surface area contributed by atoms with E-state index < -0.39 is 0 Å². The van der Waals surface area contributed by atoms with Crippen LogP contribution in [0.4, 0.5) is 0 Å². The van der Waals surface area contributed by atoms with Crippen LogP contribution in [0.25, 0.3) is 0 Å². The van der Waals surface area contributed by atoms with Gasteiger partial charge in [0.05, 0.1) is 0 Å². The Bertz CT molecular complexity index is 342. The molecule has 0 fully saturated rings. The van der Waals surface area contributed by atoms with Gasteiger partial charge in [0, 0.05) is 29.4 Å². The minimum absolute atomic E-state index is 0.0226. The van der Waals surface area contributed by atoms with Gasteiger partial charge in [-0.15, -0.1) is 23.2 Å². The van der Waals surface area contributed by atoms with E-state index in [4.69, 9.17) is 23.2 Å². The number of amides is 1. The predicted octanol–water partition coefficient (Wildman–Crippen LogP) is 3.38. The summed E-state index contributed by atoms with van der Waals surface area (Å²) in [6, 6.07) is 9.18. The van der Waals surface area contributed by atoms with E-state index in [9.17, 15) is 4.79 Å². The Balaban J connectivity index is 2.79. The summed E-state index contributed by atoms with van der Waals surface area (Å²) in [6.07, 6.45) is 0. The van der Waals surface area contributed by atoms with Crippen LogP contribution in [-0.4, -0.2) is 34.7 Å². The van der Waals surface area contributed by atoms with Crippen LogP contribution >= 0.6 is 23.2 Å². The molecule has 0 radical (unpaired) electrons. The van der Waals surface area contributed by atoms with E-state index in [2.05, 4.69) is 0 Å². The van der Waals surface area contributed by atoms with Gasteiger partial charge in [-0.3, -0.25) is 4.79 Å². The summed E-state index contributed by atoms with van der Waals surface area (Å²) in [5.74, 6) is -0.0226. The number of carbonyl (C=O) groups is 1. The number of halogens is 2. The normalized spacial score (nSPS) is 14.1. The van der Waals surface area contributed by atoms with Crippen LogP contribution in [0.2, 0.25) is 0 Å². The summed E-state index contributed by atoms with van der Waals surface area (Å²) in [5, 5.41) is -0.170. The summed E-state index contributed by atoms with van der Waals surface area (Å²) in [7, 11) is 0. The lowest BCUT2D eigenvalue weighted by atomic mass is 10.2. The molecule has 0 heterocycles. The Kier molecular flexibility index (Phi) is 5.79. The number of benzene rings is 1. The standard InChI is InChI=1S/C13H17Cl2NO/c1-10(14)8-16(9-11(2)15)13(17)12-6-4-3-5-7-12/h3-7,10-11H,8-9H2,1-2H3/t10-,11-/m0/s1. The molecule has 0 bridgehead atoms. The first kappa shape index (κ1) is 14.3. The number of carbonyl (C=O) groups excluding carboxylic acids is 1. The highest BCUT2D eigenvalue weighted by atomic mass is 35.5. The second kappa shape index (κ2) is 6.87. The molecule has 1 aromatic rings. The highest BCUT2D eigenvalue weighted by molar-refractivity contribution is 6.21. The number of rotatable bonds is 5. The van der Waals surface area contributed by atoms with Crippen molar-refractivity contribution in [3.05, 3.63) is 35.9 Å². The van der Waals surface area contributed by atoms with E-state index in [1.165, 1.54) is 0 Å². The molecule has 0 N–H and O–H groups in total. The molecular formula is C13H17Cl2NO. The third-order valence-corrected chi connectivity index (χ3v) is 2.53. The van der Waals surface area contributed by atoms with E-state index in [1.54, 1.807) is 17.0 Å². The molecule has 0 aliphatic rings. The molecule has 0 saturated carbocycles. The van der Waals surface area contributed by atoms with Crippen LogP contribution in [0, 0.1) is 0 Å². The lowest BCUT2D eigenvalue weighted by molar-refractivity contribution is 0.0758. The Morgan fingerprint density at radius 1 is 1.12 bits per heavy atom. The fraction of sp³-hybridized carbons (Fsp3) is 0.462. The molecule has 1 aromatic carbocycles. The smallest absolute Gasteiger partial charge is 0.253 e. The largest absolute Gasteiger partial charge is 0.336 e. The first-order valence-corrected chi connectivity index (χ1v) is 6.50. The Morgan fingerprint density at radius 3 is 2.00 bits per heavy atom. The highest BCUT2D eigenvalue weighted by Gasteiger charge is 2.18. The molecule has 0 saturated heterocycles. The zero-order chi connectivity index (χ0) is 12.8. The number of hydrogen-bond acceptors (Lipinski definition) is 1. The zero-order valence-electron chi connectivity index (χ0n) is 10.1. The van der Waals surface area contributed by atoms with E-state index >= 15 is 0 Å². The molecule has 17 heavy (non-hydrogen) atoms. The fourth-order valence-corrected chi connectivity index (χ4v) is 1.94. The van der Waals surface area contributed by atoms with Gasteiger partial charge < -0.3 is 4.90 Å². The maximum Gasteiger partial charge on any atom is 0.253 e. The molecule has 1 amide bonds. The molecule has 4 heteroatoms. The van der Waals surface area contributed by atoms with Crippen LogP contribution in [0.3, 0.4) is 0 Å². The lowest BCUT2D eigenvalue weighted by Gasteiger charge is -2.25. The van der Waals surface area contributed by atoms with E-state index in [0.717, 1.165) is 0 Å². The summed E-state index contributed by atoms with van der Waals surface area (Å²) in [6.45, 7) is 4.75. The lowest BCUT2D eigenvalue weighted by Crippen LogP contribution is -2.38. The third kappa shape index (κ3) is 4.97. The van der Waals surface area contributed by atoms with Crippen molar-refractivity contribution in [1.29, 1.82) is 0 Å². The van der Waals surface area contributed by atoms with Gasteiger partial charge in [0.2, 0.25) is 0 Å². The topological polar surface area (TPSA) is 20.3 Å². The van der Waals surface area contributed by atoms with Gasteiger partial charge in [-0.25, -0.2) is 0 Å². The average molecular weight is 274 g/mol. The summed E-state index contributed by atoms with van der Waals surface area (Å²) < 4.78 is 0. The molecule has 0 aliphatic heterocycles. The van der Waals surface area contributed by atoms with Gasteiger partial charge in [-0.1, -0.05) is 18.2 Å². The maximum absolute atomic E-state index is 12.2. The van der Waals surface area contributed by atoms with Crippen molar-refractivity contribution >= 4 is 29.1 Å². The maximum atomic E-state index is 12.2. The zero-order valence-corrected chi connectivity index (χ0v) is 11.6. The van der Waals surface area contributed by atoms with E-state index in [1.807, 2.05) is 32.0 Å². The first-order valence-electron chi connectivity index (χ1n) is 5.63. The fourth-order valence-electron chi connectivity index (χ4n) is 1.61. The third-order valence-electron chi connectivity index (χ3n) is 2.25. The first-order chi connectivity index (χ1) is 8.00. The van der Waals surface area contributed by atoms with Crippen LogP contribution < -0.4 is 0 Å². The van der Waals surface area contributed by atoms with Crippen LogP contribution in [-0.2, 0) is 0 Å². The Hall–Kier alpha value is -0.730. The van der Waals surface area contributed by atoms with Gasteiger partial charge in [0.1, 0.15) is 0 Å².